The molecule has 0 saturated carbocycles. The van der Waals surface area contributed by atoms with Crippen molar-refractivity contribution in [1.82, 2.24) is 4.90 Å². The van der Waals surface area contributed by atoms with E-state index in [9.17, 15) is 22.8 Å². The summed E-state index contributed by atoms with van der Waals surface area (Å²) in [5.74, 6) is -3.92. The number of aliphatic carboxylic acids is 1. The van der Waals surface area contributed by atoms with Crippen molar-refractivity contribution < 1.29 is 32.6 Å². The standard InChI is InChI=1S/C19H18F3NO4/c1-27-17-5-3-14(20)9-13(17)10-18(24)23(7-6-19(25)26)11-12-2-4-15(21)16(22)8-12/h2-5,8-9H,6-7,10-11H2,1H3,(H,25,26). The Kier molecular flexibility index (Phi) is 6.81. The zero-order chi connectivity index (χ0) is 20.0. The maximum Gasteiger partial charge on any atom is 0.305 e. The highest BCUT2D eigenvalue weighted by atomic mass is 19.2. The van der Waals surface area contributed by atoms with Gasteiger partial charge in [-0.15, -0.1) is 0 Å². The number of carboxylic acid groups (broad SMARTS) is 1. The number of carbonyl (C=O) groups excluding carboxylic acids is 1. The molecule has 2 aromatic carbocycles. The Morgan fingerprint density at radius 1 is 1.07 bits per heavy atom. The monoisotopic (exact) mass is 381 g/mol. The van der Waals surface area contributed by atoms with Gasteiger partial charge >= 0.3 is 5.97 Å². The topological polar surface area (TPSA) is 66.8 Å². The first-order valence-corrected chi connectivity index (χ1v) is 8.06. The minimum Gasteiger partial charge on any atom is -0.496 e. The molecule has 0 saturated heterocycles. The minimum atomic E-state index is -1.11. The highest BCUT2D eigenvalue weighted by molar-refractivity contribution is 5.80. The number of amides is 1. The lowest BCUT2D eigenvalue weighted by atomic mass is 10.1. The van der Waals surface area contributed by atoms with E-state index in [-0.39, 0.29) is 25.9 Å². The van der Waals surface area contributed by atoms with Crippen molar-refractivity contribution in [2.45, 2.75) is 19.4 Å². The van der Waals surface area contributed by atoms with Crippen LogP contribution in [0.25, 0.3) is 0 Å². The van der Waals surface area contributed by atoms with Crippen molar-refractivity contribution >= 4 is 11.9 Å². The maximum atomic E-state index is 13.5. The Balaban J connectivity index is 2.21. The SMILES string of the molecule is COc1ccc(F)cc1CC(=O)N(CCC(=O)O)Cc1ccc(F)c(F)c1. The van der Waals surface area contributed by atoms with Gasteiger partial charge in [0.1, 0.15) is 11.6 Å². The van der Waals surface area contributed by atoms with Gasteiger partial charge in [0, 0.05) is 18.7 Å². The quantitative estimate of drug-likeness (QED) is 0.763. The predicted octanol–water partition coefficient (Wildman–Crippen LogP) is 3.16. The number of halogens is 3. The fourth-order valence-electron chi connectivity index (χ4n) is 2.54. The molecular weight excluding hydrogens is 363 g/mol. The summed E-state index contributed by atoms with van der Waals surface area (Å²) in [6, 6.07) is 6.91. The molecule has 0 atom stereocenters. The van der Waals surface area contributed by atoms with Gasteiger partial charge in [-0.1, -0.05) is 6.07 Å². The molecule has 0 spiro atoms. The Bertz CT molecular complexity index is 842. The van der Waals surface area contributed by atoms with Gasteiger partial charge in [0.15, 0.2) is 11.6 Å². The third kappa shape index (κ3) is 5.73. The zero-order valence-electron chi connectivity index (χ0n) is 14.5. The van der Waals surface area contributed by atoms with Crippen LogP contribution in [0.4, 0.5) is 13.2 Å². The van der Waals surface area contributed by atoms with E-state index in [2.05, 4.69) is 0 Å². The van der Waals surface area contributed by atoms with Crippen molar-refractivity contribution in [2.24, 2.45) is 0 Å². The predicted molar refractivity (Wildman–Crippen MR) is 90.7 cm³/mol. The van der Waals surface area contributed by atoms with E-state index in [1.165, 1.54) is 30.2 Å². The zero-order valence-corrected chi connectivity index (χ0v) is 14.5. The van der Waals surface area contributed by atoms with E-state index in [4.69, 9.17) is 9.84 Å². The molecule has 0 fully saturated rings. The summed E-state index contributed by atoms with van der Waals surface area (Å²) in [6.45, 7) is -0.244. The summed E-state index contributed by atoms with van der Waals surface area (Å²) in [5.41, 5.74) is 0.604. The number of nitrogens with zero attached hydrogens (tertiary/aromatic N) is 1. The molecule has 5 nitrogen and oxygen atoms in total. The van der Waals surface area contributed by atoms with Gasteiger partial charge in [0.05, 0.1) is 20.0 Å². The van der Waals surface area contributed by atoms with Gasteiger partial charge in [0.25, 0.3) is 0 Å². The summed E-state index contributed by atoms with van der Waals surface area (Å²) in [6.07, 6.45) is -0.556. The lowest BCUT2D eigenvalue weighted by molar-refractivity contribution is -0.138. The highest BCUT2D eigenvalue weighted by Crippen LogP contribution is 2.21. The third-order valence-electron chi connectivity index (χ3n) is 3.89. The fourth-order valence-corrected chi connectivity index (χ4v) is 2.54. The first-order valence-electron chi connectivity index (χ1n) is 8.06. The molecule has 2 aromatic rings. The van der Waals surface area contributed by atoms with Crippen LogP contribution in [-0.4, -0.2) is 35.5 Å². The van der Waals surface area contributed by atoms with Crippen LogP contribution in [0.3, 0.4) is 0 Å². The molecule has 0 bridgehead atoms. The van der Waals surface area contributed by atoms with E-state index in [1.807, 2.05) is 0 Å². The van der Waals surface area contributed by atoms with Crippen LogP contribution < -0.4 is 4.74 Å². The van der Waals surface area contributed by atoms with Gasteiger partial charge < -0.3 is 14.7 Å². The number of methoxy groups -OCH3 is 1. The van der Waals surface area contributed by atoms with Crippen molar-refractivity contribution in [3.05, 3.63) is 65.0 Å². The van der Waals surface area contributed by atoms with Crippen molar-refractivity contribution in [2.75, 3.05) is 13.7 Å². The average molecular weight is 381 g/mol. The number of hydrogen-bond acceptors (Lipinski definition) is 3. The lowest BCUT2D eigenvalue weighted by Crippen LogP contribution is -2.34. The van der Waals surface area contributed by atoms with E-state index in [0.29, 0.717) is 16.9 Å². The number of carbonyl (C=O) groups is 2. The molecule has 2 rings (SSSR count). The summed E-state index contributed by atoms with van der Waals surface area (Å²) < 4.78 is 45.1. The van der Waals surface area contributed by atoms with Crippen LogP contribution >= 0.6 is 0 Å². The van der Waals surface area contributed by atoms with Crippen LogP contribution in [-0.2, 0) is 22.6 Å². The van der Waals surface area contributed by atoms with Gasteiger partial charge in [-0.3, -0.25) is 9.59 Å². The van der Waals surface area contributed by atoms with E-state index in [0.717, 1.165) is 18.2 Å². The number of rotatable bonds is 8. The Labute approximate surface area is 154 Å². The molecule has 0 unspecified atom stereocenters. The van der Waals surface area contributed by atoms with E-state index < -0.39 is 29.3 Å². The molecule has 144 valence electrons. The van der Waals surface area contributed by atoms with E-state index in [1.54, 1.807) is 0 Å². The molecule has 27 heavy (non-hydrogen) atoms. The highest BCUT2D eigenvalue weighted by Gasteiger charge is 2.19. The number of benzene rings is 2. The van der Waals surface area contributed by atoms with Crippen molar-refractivity contribution in [3.63, 3.8) is 0 Å². The van der Waals surface area contributed by atoms with Gasteiger partial charge in [0.2, 0.25) is 5.91 Å². The molecule has 0 aromatic heterocycles. The van der Waals surface area contributed by atoms with Crippen molar-refractivity contribution in [1.29, 1.82) is 0 Å². The normalized spacial score (nSPS) is 10.5. The van der Waals surface area contributed by atoms with E-state index >= 15 is 0 Å². The number of ether oxygens (including phenoxy) is 1. The molecule has 0 radical (unpaired) electrons. The van der Waals surface area contributed by atoms with Gasteiger partial charge in [-0.05, 0) is 35.9 Å². The van der Waals surface area contributed by atoms with Crippen LogP contribution in [0.1, 0.15) is 17.5 Å². The second-order valence-corrected chi connectivity index (χ2v) is 5.84. The lowest BCUT2D eigenvalue weighted by Gasteiger charge is -2.23. The second kappa shape index (κ2) is 9.07. The van der Waals surface area contributed by atoms with Gasteiger partial charge in [-0.2, -0.15) is 0 Å². The van der Waals surface area contributed by atoms with Crippen molar-refractivity contribution in [3.8, 4) is 5.75 Å². The largest absolute Gasteiger partial charge is 0.496 e. The Morgan fingerprint density at radius 2 is 1.81 bits per heavy atom. The summed E-state index contributed by atoms with van der Waals surface area (Å²) >= 11 is 0. The molecule has 0 aliphatic rings. The first kappa shape index (κ1) is 20.3. The third-order valence-corrected chi connectivity index (χ3v) is 3.89. The molecule has 1 N–H and O–H groups in total. The van der Waals surface area contributed by atoms with Gasteiger partial charge in [-0.25, -0.2) is 13.2 Å². The van der Waals surface area contributed by atoms with Crippen LogP contribution in [0, 0.1) is 17.5 Å². The molecule has 0 aliphatic heterocycles. The molecule has 0 aliphatic carbocycles. The average Bonchev–Trinajstić information content (AvgIpc) is 2.61. The summed E-state index contributed by atoms with van der Waals surface area (Å²) in [5, 5.41) is 8.88. The second-order valence-electron chi connectivity index (χ2n) is 5.84. The summed E-state index contributed by atoms with van der Waals surface area (Å²) in [7, 11) is 1.38. The van der Waals surface area contributed by atoms with Crippen LogP contribution in [0.2, 0.25) is 0 Å². The number of hydrogen-bond donors (Lipinski definition) is 1. The first-order chi connectivity index (χ1) is 12.8. The Morgan fingerprint density at radius 3 is 2.44 bits per heavy atom. The molecule has 8 heteroatoms. The van der Waals surface area contributed by atoms with Crippen LogP contribution in [0.15, 0.2) is 36.4 Å². The minimum absolute atomic E-state index is 0.110. The Hall–Kier alpha value is -3.03. The smallest absolute Gasteiger partial charge is 0.305 e. The van der Waals surface area contributed by atoms with Crippen LogP contribution in [0.5, 0.6) is 5.75 Å². The molecule has 0 heterocycles. The summed E-state index contributed by atoms with van der Waals surface area (Å²) in [4.78, 5) is 24.7. The molecule has 1 amide bonds. The molecular formula is C19H18F3NO4. The fraction of sp³-hybridized carbons (Fsp3) is 0.263. The number of carboxylic acids is 1. The maximum absolute atomic E-state index is 13.5.